The van der Waals surface area contributed by atoms with E-state index in [9.17, 15) is 8.78 Å². The molecular formula is C18H19F2N. The minimum atomic E-state index is -0.801. The van der Waals surface area contributed by atoms with Crippen molar-refractivity contribution >= 4 is 0 Å². The van der Waals surface area contributed by atoms with E-state index in [1.165, 1.54) is 36.1 Å². The summed E-state index contributed by atoms with van der Waals surface area (Å²) in [7, 11) is 0. The molecule has 1 unspecified atom stereocenters. The maximum atomic E-state index is 13.3. The lowest BCUT2D eigenvalue weighted by Gasteiger charge is -2.16. The second-order valence-electron chi connectivity index (χ2n) is 5.75. The molecule has 0 heterocycles. The van der Waals surface area contributed by atoms with Crippen molar-refractivity contribution in [1.29, 1.82) is 0 Å². The van der Waals surface area contributed by atoms with Crippen LogP contribution in [0.15, 0.2) is 42.5 Å². The molecule has 2 aromatic carbocycles. The van der Waals surface area contributed by atoms with Crippen molar-refractivity contribution < 1.29 is 8.78 Å². The topological polar surface area (TPSA) is 12.0 Å². The molecule has 1 fully saturated rings. The van der Waals surface area contributed by atoms with Crippen molar-refractivity contribution in [3.63, 3.8) is 0 Å². The molecule has 0 radical (unpaired) electrons. The fourth-order valence-electron chi connectivity index (χ4n) is 2.65. The summed E-state index contributed by atoms with van der Waals surface area (Å²) in [5.74, 6) is -0.883. The summed E-state index contributed by atoms with van der Waals surface area (Å²) in [6.45, 7) is 2.71. The minimum Gasteiger partial charge on any atom is -0.306 e. The van der Waals surface area contributed by atoms with E-state index in [0.29, 0.717) is 5.92 Å². The van der Waals surface area contributed by atoms with Gasteiger partial charge in [0.25, 0.3) is 0 Å². The first-order valence-corrected chi connectivity index (χ1v) is 7.41. The third-order valence-electron chi connectivity index (χ3n) is 4.11. The summed E-state index contributed by atoms with van der Waals surface area (Å²) in [5, 5.41) is 3.40. The molecule has 0 saturated heterocycles. The molecular weight excluding hydrogens is 268 g/mol. The molecule has 0 bridgehead atoms. The average molecular weight is 287 g/mol. The van der Waals surface area contributed by atoms with E-state index in [4.69, 9.17) is 0 Å². The van der Waals surface area contributed by atoms with Gasteiger partial charge >= 0.3 is 0 Å². The zero-order valence-corrected chi connectivity index (χ0v) is 12.1. The van der Waals surface area contributed by atoms with Crippen molar-refractivity contribution in [2.75, 3.05) is 0 Å². The first-order chi connectivity index (χ1) is 10.1. The van der Waals surface area contributed by atoms with Crippen molar-refractivity contribution in [2.24, 2.45) is 0 Å². The molecule has 3 rings (SSSR count). The highest BCUT2D eigenvalue weighted by atomic mass is 19.2. The number of hydrogen-bond donors (Lipinski definition) is 1. The number of rotatable bonds is 5. The summed E-state index contributed by atoms with van der Waals surface area (Å²) in [6, 6.07) is 12.5. The molecule has 1 nitrogen and oxygen atoms in total. The van der Waals surface area contributed by atoms with Crippen LogP contribution in [0, 0.1) is 11.6 Å². The minimum absolute atomic E-state index is 0.0210. The van der Waals surface area contributed by atoms with Gasteiger partial charge in [0.15, 0.2) is 11.6 Å². The van der Waals surface area contributed by atoms with E-state index >= 15 is 0 Å². The van der Waals surface area contributed by atoms with E-state index < -0.39 is 11.6 Å². The van der Waals surface area contributed by atoms with Gasteiger partial charge in [-0.3, -0.25) is 0 Å². The maximum Gasteiger partial charge on any atom is 0.159 e. The molecule has 0 aliphatic heterocycles. The summed E-state index contributed by atoms with van der Waals surface area (Å²) < 4.78 is 26.2. The Morgan fingerprint density at radius 2 is 1.86 bits per heavy atom. The first kappa shape index (κ1) is 14.2. The van der Waals surface area contributed by atoms with Crippen molar-refractivity contribution in [3.05, 3.63) is 70.8 Å². The Balaban J connectivity index is 1.68. The fraction of sp³-hybridized carbons (Fsp3) is 0.333. The van der Waals surface area contributed by atoms with Crippen molar-refractivity contribution in [1.82, 2.24) is 5.32 Å². The van der Waals surface area contributed by atoms with Crippen LogP contribution in [0.4, 0.5) is 8.78 Å². The summed E-state index contributed by atoms with van der Waals surface area (Å²) in [6.07, 6.45) is 2.55. The lowest BCUT2D eigenvalue weighted by atomic mass is 10.0. The van der Waals surface area contributed by atoms with Crippen LogP contribution in [0.1, 0.15) is 48.4 Å². The van der Waals surface area contributed by atoms with Crippen LogP contribution in [0.5, 0.6) is 0 Å². The van der Waals surface area contributed by atoms with Crippen LogP contribution >= 0.6 is 0 Å². The maximum absolute atomic E-state index is 13.3. The monoisotopic (exact) mass is 287 g/mol. The van der Waals surface area contributed by atoms with Gasteiger partial charge in [-0.05, 0) is 54.5 Å². The molecule has 3 heteroatoms. The van der Waals surface area contributed by atoms with Gasteiger partial charge in [0.05, 0.1) is 0 Å². The zero-order chi connectivity index (χ0) is 14.8. The van der Waals surface area contributed by atoms with E-state index in [2.05, 4.69) is 23.5 Å². The molecule has 0 amide bonds. The Morgan fingerprint density at radius 1 is 1.10 bits per heavy atom. The van der Waals surface area contributed by atoms with Crippen LogP contribution < -0.4 is 5.32 Å². The predicted octanol–water partition coefficient (Wildman–Crippen LogP) is 4.69. The van der Waals surface area contributed by atoms with E-state index in [1.807, 2.05) is 13.0 Å². The SMILES string of the molecule is CC(NCc1ccccc1C1CC1)c1ccc(F)c(F)c1. The second kappa shape index (κ2) is 5.94. The standard InChI is InChI=1S/C18H19F2N/c1-12(14-8-9-17(19)18(20)10-14)21-11-15-4-2-3-5-16(15)13-6-7-13/h2-5,8-10,12-13,21H,6-7,11H2,1H3. The van der Waals surface area contributed by atoms with Gasteiger partial charge in [-0.2, -0.15) is 0 Å². The Kier molecular flexibility index (Phi) is 4.02. The lowest BCUT2D eigenvalue weighted by Crippen LogP contribution is -2.19. The molecule has 0 aromatic heterocycles. The Morgan fingerprint density at radius 3 is 2.57 bits per heavy atom. The molecule has 1 atom stereocenters. The number of hydrogen-bond acceptors (Lipinski definition) is 1. The lowest BCUT2D eigenvalue weighted by molar-refractivity contribution is 0.500. The van der Waals surface area contributed by atoms with Crippen LogP contribution in [-0.2, 0) is 6.54 Å². The highest BCUT2D eigenvalue weighted by Gasteiger charge is 2.25. The molecule has 1 aliphatic carbocycles. The molecule has 1 saturated carbocycles. The summed E-state index contributed by atoms with van der Waals surface area (Å²) in [4.78, 5) is 0. The van der Waals surface area contributed by atoms with Gasteiger partial charge in [0, 0.05) is 12.6 Å². The van der Waals surface area contributed by atoms with E-state index in [1.54, 1.807) is 6.07 Å². The molecule has 21 heavy (non-hydrogen) atoms. The van der Waals surface area contributed by atoms with Gasteiger partial charge in [0.2, 0.25) is 0 Å². The summed E-state index contributed by atoms with van der Waals surface area (Å²) in [5.41, 5.74) is 3.48. The van der Waals surface area contributed by atoms with Crippen molar-refractivity contribution in [3.8, 4) is 0 Å². The third-order valence-corrected chi connectivity index (χ3v) is 4.11. The highest BCUT2D eigenvalue weighted by molar-refractivity contribution is 5.33. The molecule has 0 spiro atoms. The van der Waals surface area contributed by atoms with E-state index in [0.717, 1.165) is 12.1 Å². The largest absolute Gasteiger partial charge is 0.306 e. The van der Waals surface area contributed by atoms with Crippen LogP contribution in [-0.4, -0.2) is 0 Å². The third kappa shape index (κ3) is 3.30. The second-order valence-corrected chi connectivity index (χ2v) is 5.75. The Labute approximate surface area is 124 Å². The Bertz CT molecular complexity index is 635. The Hall–Kier alpha value is -1.74. The molecule has 110 valence electrons. The van der Waals surface area contributed by atoms with Crippen LogP contribution in [0.25, 0.3) is 0 Å². The van der Waals surface area contributed by atoms with E-state index in [-0.39, 0.29) is 6.04 Å². The average Bonchev–Trinajstić information content (AvgIpc) is 3.32. The normalized spacial score (nSPS) is 16.0. The first-order valence-electron chi connectivity index (χ1n) is 7.41. The smallest absolute Gasteiger partial charge is 0.159 e. The van der Waals surface area contributed by atoms with Crippen LogP contribution in [0.3, 0.4) is 0 Å². The van der Waals surface area contributed by atoms with Gasteiger partial charge in [-0.1, -0.05) is 30.3 Å². The molecule has 1 N–H and O–H groups in total. The number of nitrogens with one attached hydrogen (secondary N) is 1. The van der Waals surface area contributed by atoms with Gasteiger partial charge in [-0.15, -0.1) is 0 Å². The van der Waals surface area contributed by atoms with Crippen LogP contribution in [0.2, 0.25) is 0 Å². The highest BCUT2D eigenvalue weighted by Crippen LogP contribution is 2.41. The van der Waals surface area contributed by atoms with Gasteiger partial charge in [0.1, 0.15) is 0 Å². The number of benzene rings is 2. The van der Waals surface area contributed by atoms with Gasteiger partial charge < -0.3 is 5.32 Å². The van der Waals surface area contributed by atoms with Gasteiger partial charge in [-0.25, -0.2) is 8.78 Å². The summed E-state index contributed by atoms with van der Waals surface area (Å²) >= 11 is 0. The fourth-order valence-corrected chi connectivity index (χ4v) is 2.65. The van der Waals surface area contributed by atoms with Crippen molar-refractivity contribution in [2.45, 2.75) is 38.3 Å². The molecule has 1 aliphatic rings. The number of halogens is 2. The zero-order valence-electron chi connectivity index (χ0n) is 12.1. The predicted molar refractivity (Wildman–Crippen MR) is 80.0 cm³/mol. The quantitative estimate of drug-likeness (QED) is 0.841. The molecule has 2 aromatic rings.